The highest BCUT2D eigenvalue weighted by Crippen LogP contribution is 2.20. The average Bonchev–Trinajstić information content (AvgIpc) is 2.35. The Morgan fingerprint density at radius 1 is 1.56 bits per heavy atom. The van der Waals surface area contributed by atoms with E-state index in [0.717, 1.165) is 6.54 Å². The summed E-state index contributed by atoms with van der Waals surface area (Å²) in [4.78, 5) is 17.1. The summed E-state index contributed by atoms with van der Waals surface area (Å²) in [6.45, 7) is 6.53. The molecule has 0 unspecified atom stereocenters. The van der Waals surface area contributed by atoms with Crippen LogP contribution in [0.4, 0.5) is 5.82 Å². The molecule has 100 valence electrons. The molecule has 0 aliphatic heterocycles. The molecule has 1 rings (SSSR count). The zero-order valence-electron chi connectivity index (χ0n) is 10.5. The number of halogens is 1. The van der Waals surface area contributed by atoms with Crippen molar-refractivity contribution in [1.29, 1.82) is 0 Å². The Hall–Kier alpha value is -1.33. The molecule has 1 heterocycles. The van der Waals surface area contributed by atoms with E-state index < -0.39 is 5.97 Å². The van der Waals surface area contributed by atoms with Crippen LogP contribution in [0.2, 0.25) is 5.02 Å². The number of carboxylic acids is 1. The van der Waals surface area contributed by atoms with Crippen molar-refractivity contribution in [2.24, 2.45) is 0 Å². The number of nitrogens with zero attached hydrogens (tertiary/aromatic N) is 2. The smallest absolute Gasteiger partial charge is 0.337 e. The maximum absolute atomic E-state index is 11.0. The van der Waals surface area contributed by atoms with Gasteiger partial charge in [-0.05, 0) is 19.9 Å². The molecule has 0 spiro atoms. The number of ether oxygens (including phenoxy) is 1. The Balaban J connectivity index is 2.85. The number of carboxylic acid groups (broad SMARTS) is 1. The molecule has 6 heteroatoms. The molecule has 0 radical (unpaired) electrons. The van der Waals surface area contributed by atoms with Crippen molar-refractivity contribution in [3.8, 4) is 0 Å². The second-order valence-corrected chi connectivity index (χ2v) is 4.01. The Labute approximate surface area is 111 Å². The largest absolute Gasteiger partial charge is 0.478 e. The molecule has 0 fully saturated rings. The third kappa shape index (κ3) is 3.85. The van der Waals surface area contributed by atoms with Crippen molar-refractivity contribution >= 4 is 23.4 Å². The van der Waals surface area contributed by atoms with Crippen LogP contribution in [0.25, 0.3) is 0 Å². The van der Waals surface area contributed by atoms with Gasteiger partial charge in [-0.1, -0.05) is 11.6 Å². The normalized spacial score (nSPS) is 10.4. The SMILES string of the molecule is CCOCCN(CC)c1cc(C(=O)O)c(Cl)cn1. The van der Waals surface area contributed by atoms with Gasteiger partial charge in [-0.2, -0.15) is 0 Å². The van der Waals surface area contributed by atoms with E-state index in [9.17, 15) is 4.79 Å². The summed E-state index contributed by atoms with van der Waals surface area (Å²) < 4.78 is 5.28. The Morgan fingerprint density at radius 3 is 2.83 bits per heavy atom. The predicted molar refractivity (Wildman–Crippen MR) is 70.6 cm³/mol. The first-order valence-corrected chi connectivity index (χ1v) is 6.19. The summed E-state index contributed by atoms with van der Waals surface area (Å²) in [7, 11) is 0. The van der Waals surface area contributed by atoms with Crippen LogP contribution in [0.15, 0.2) is 12.3 Å². The van der Waals surface area contributed by atoms with Crippen LogP contribution in [0, 0.1) is 0 Å². The van der Waals surface area contributed by atoms with Crippen LogP contribution in [0.3, 0.4) is 0 Å². The Kier molecular flexibility index (Phi) is 5.88. The third-order valence-electron chi connectivity index (χ3n) is 2.49. The van der Waals surface area contributed by atoms with Gasteiger partial charge < -0.3 is 14.7 Å². The number of rotatable bonds is 7. The number of carbonyl (C=O) groups is 1. The monoisotopic (exact) mass is 272 g/mol. The molecule has 0 saturated heterocycles. The first kappa shape index (κ1) is 14.7. The van der Waals surface area contributed by atoms with E-state index in [1.165, 1.54) is 12.3 Å². The lowest BCUT2D eigenvalue weighted by Crippen LogP contribution is -2.28. The van der Waals surface area contributed by atoms with E-state index in [1.54, 1.807) is 0 Å². The number of hydrogen-bond acceptors (Lipinski definition) is 4. The lowest BCUT2D eigenvalue weighted by Gasteiger charge is -2.22. The molecule has 0 saturated carbocycles. The van der Waals surface area contributed by atoms with Crippen LogP contribution in [0.5, 0.6) is 0 Å². The van der Waals surface area contributed by atoms with Gasteiger partial charge in [0.05, 0.1) is 17.2 Å². The number of anilines is 1. The fourth-order valence-corrected chi connectivity index (χ4v) is 1.70. The van der Waals surface area contributed by atoms with Crippen LogP contribution in [-0.4, -0.2) is 42.4 Å². The van der Waals surface area contributed by atoms with Gasteiger partial charge in [-0.25, -0.2) is 9.78 Å². The van der Waals surface area contributed by atoms with Gasteiger partial charge in [0, 0.05) is 25.9 Å². The number of hydrogen-bond donors (Lipinski definition) is 1. The number of likely N-dealkylation sites (N-methyl/N-ethyl adjacent to an activating group) is 1. The second-order valence-electron chi connectivity index (χ2n) is 3.60. The number of aromatic carboxylic acids is 1. The molecule has 0 aliphatic carbocycles. The van der Waals surface area contributed by atoms with Crippen molar-refractivity contribution in [1.82, 2.24) is 4.98 Å². The van der Waals surface area contributed by atoms with E-state index in [4.69, 9.17) is 21.4 Å². The minimum absolute atomic E-state index is 0.0662. The van der Waals surface area contributed by atoms with Gasteiger partial charge in [-0.3, -0.25) is 0 Å². The molecule has 0 amide bonds. The Bertz CT molecular complexity index is 412. The molecular formula is C12H17ClN2O3. The molecule has 1 aromatic rings. The van der Waals surface area contributed by atoms with Crippen LogP contribution in [-0.2, 0) is 4.74 Å². The van der Waals surface area contributed by atoms with Crippen molar-refractivity contribution in [2.45, 2.75) is 13.8 Å². The maximum atomic E-state index is 11.0. The quantitative estimate of drug-likeness (QED) is 0.772. The highest BCUT2D eigenvalue weighted by molar-refractivity contribution is 6.33. The maximum Gasteiger partial charge on any atom is 0.337 e. The van der Waals surface area contributed by atoms with Crippen molar-refractivity contribution in [2.75, 3.05) is 31.2 Å². The average molecular weight is 273 g/mol. The van der Waals surface area contributed by atoms with Gasteiger partial charge in [0.15, 0.2) is 0 Å². The molecule has 5 nitrogen and oxygen atoms in total. The van der Waals surface area contributed by atoms with Crippen molar-refractivity contribution < 1.29 is 14.6 Å². The van der Waals surface area contributed by atoms with Crippen molar-refractivity contribution in [3.05, 3.63) is 22.8 Å². The first-order chi connectivity index (χ1) is 8.60. The minimum Gasteiger partial charge on any atom is -0.478 e. The molecule has 1 aromatic heterocycles. The van der Waals surface area contributed by atoms with E-state index in [2.05, 4.69) is 4.98 Å². The highest BCUT2D eigenvalue weighted by atomic mass is 35.5. The lowest BCUT2D eigenvalue weighted by atomic mass is 10.2. The fraction of sp³-hybridized carbons (Fsp3) is 0.500. The van der Waals surface area contributed by atoms with Crippen LogP contribution >= 0.6 is 11.6 Å². The first-order valence-electron chi connectivity index (χ1n) is 5.81. The van der Waals surface area contributed by atoms with Crippen LogP contribution < -0.4 is 4.90 Å². The number of pyridine rings is 1. The summed E-state index contributed by atoms with van der Waals surface area (Å²) in [5, 5.41) is 9.15. The molecule has 18 heavy (non-hydrogen) atoms. The van der Waals surface area contributed by atoms with Gasteiger partial charge in [0.1, 0.15) is 5.82 Å². The zero-order chi connectivity index (χ0) is 13.5. The topological polar surface area (TPSA) is 62.7 Å². The predicted octanol–water partition coefficient (Wildman–Crippen LogP) is 2.30. The second kappa shape index (κ2) is 7.18. The van der Waals surface area contributed by atoms with E-state index >= 15 is 0 Å². The van der Waals surface area contributed by atoms with Crippen LogP contribution in [0.1, 0.15) is 24.2 Å². The summed E-state index contributed by atoms with van der Waals surface area (Å²) in [6.07, 6.45) is 1.36. The van der Waals surface area contributed by atoms with E-state index in [-0.39, 0.29) is 10.6 Å². The summed E-state index contributed by atoms with van der Waals surface area (Å²) in [5.41, 5.74) is 0.0662. The molecule has 1 N–H and O–H groups in total. The number of aromatic nitrogens is 1. The molecule has 0 atom stereocenters. The summed E-state index contributed by atoms with van der Waals surface area (Å²) in [5.74, 6) is -0.455. The summed E-state index contributed by atoms with van der Waals surface area (Å²) in [6, 6.07) is 1.49. The standard InChI is InChI=1S/C12H17ClN2O3/c1-3-15(5-6-18-4-2)11-7-9(12(16)17)10(13)8-14-11/h7-8H,3-6H2,1-2H3,(H,16,17). The third-order valence-corrected chi connectivity index (χ3v) is 2.79. The lowest BCUT2D eigenvalue weighted by molar-refractivity contribution is 0.0697. The molecule has 0 aliphatic rings. The molecular weight excluding hydrogens is 256 g/mol. The van der Waals surface area contributed by atoms with E-state index in [0.29, 0.717) is 25.6 Å². The zero-order valence-corrected chi connectivity index (χ0v) is 11.3. The van der Waals surface area contributed by atoms with Crippen molar-refractivity contribution in [3.63, 3.8) is 0 Å². The highest BCUT2D eigenvalue weighted by Gasteiger charge is 2.13. The van der Waals surface area contributed by atoms with Gasteiger partial charge in [-0.15, -0.1) is 0 Å². The minimum atomic E-state index is -1.05. The molecule has 0 bridgehead atoms. The molecule has 0 aromatic carbocycles. The van der Waals surface area contributed by atoms with Gasteiger partial charge >= 0.3 is 5.97 Å². The van der Waals surface area contributed by atoms with E-state index in [1.807, 2.05) is 18.7 Å². The van der Waals surface area contributed by atoms with Gasteiger partial charge in [0.2, 0.25) is 0 Å². The van der Waals surface area contributed by atoms with Gasteiger partial charge in [0.25, 0.3) is 0 Å². The Morgan fingerprint density at radius 2 is 2.28 bits per heavy atom. The fourth-order valence-electron chi connectivity index (χ4n) is 1.52. The summed E-state index contributed by atoms with van der Waals surface area (Å²) >= 11 is 5.78.